The van der Waals surface area contributed by atoms with E-state index in [0.29, 0.717) is 12.0 Å². The summed E-state index contributed by atoms with van der Waals surface area (Å²) >= 11 is 0.987. The average Bonchev–Trinajstić information content (AvgIpc) is 2.48. The monoisotopic (exact) mass is 232 g/mol. The Bertz CT molecular complexity index is 483. The van der Waals surface area contributed by atoms with Crippen LogP contribution in [0, 0.1) is 0 Å². The highest BCUT2D eigenvalue weighted by Crippen LogP contribution is 2.31. The second-order valence-corrected chi connectivity index (χ2v) is 5.94. The predicted molar refractivity (Wildman–Crippen MR) is 51.4 cm³/mol. The van der Waals surface area contributed by atoms with Crippen LogP contribution in [0.4, 0.5) is 0 Å². The van der Waals surface area contributed by atoms with Gasteiger partial charge in [-0.1, -0.05) is 0 Å². The third kappa shape index (κ3) is 1.60. The molecule has 0 atom stereocenters. The topological polar surface area (TPSA) is 71.4 Å². The van der Waals surface area contributed by atoms with Crippen LogP contribution in [-0.4, -0.2) is 18.8 Å². The van der Waals surface area contributed by atoms with Crippen LogP contribution in [0.2, 0.25) is 0 Å². The average molecular weight is 232 g/mol. The summed E-state index contributed by atoms with van der Waals surface area (Å²) in [6.07, 6.45) is 1.95. The summed E-state index contributed by atoms with van der Waals surface area (Å²) in [6.45, 7) is 0. The Hall–Kier alpha value is -0.720. The summed E-state index contributed by atoms with van der Waals surface area (Å²) in [5.41, 5.74) is 0.467. The lowest BCUT2D eigenvalue weighted by atomic mass is 9.98. The van der Waals surface area contributed by atoms with Gasteiger partial charge in [0.15, 0.2) is 5.78 Å². The summed E-state index contributed by atoms with van der Waals surface area (Å²) < 4.78 is 30.3. The molecule has 14 heavy (non-hydrogen) atoms. The number of hydrogen-bond donors (Lipinski definition) is 1. The van der Waals surface area contributed by atoms with Gasteiger partial charge in [-0.3, -0.25) is 9.35 Å². The third-order valence-electron chi connectivity index (χ3n) is 2.15. The van der Waals surface area contributed by atoms with Crippen molar-refractivity contribution in [2.75, 3.05) is 0 Å². The molecule has 1 aromatic rings. The van der Waals surface area contributed by atoms with Crippen LogP contribution in [-0.2, 0) is 16.5 Å². The summed E-state index contributed by atoms with van der Waals surface area (Å²) in [7, 11) is -4.15. The lowest BCUT2D eigenvalue weighted by Crippen LogP contribution is -2.06. The molecule has 0 bridgehead atoms. The molecule has 0 saturated heterocycles. The normalized spacial score (nSPS) is 16.8. The van der Waals surface area contributed by atoms with Crippen LogP contribution >= 0.6 is 11.3 Å². The summed E-state index contributed by atoms with van der Waals surface area (Å²) in [5, 5.41) is 0. The lowest BCUT2D eigenvalue weighted by molar-refractivity contribution is 0.0973. The van der Waals surface area contributed by atoms with Gasteiger partial charge in [-0.2, -0.15) is 8.42 Å². The van der Waals surface area contributed by atoms with Gasteiger partial charge >= 0.3 is 10.1 Å². The van der Waals surface area contributed by atoms with Crippen molar-refractivity contribution in [1.82, 2.24) is 0 Å². The van der Waals surface area contributed by atoms with E-state index in [1.807, 2.05) is 0 Å². The van der Waals surface area contributed by atoms with E-state index < -0.39 is 10.1 Å². The van der Waals surface area contributed by atoms with Crippen molar-refractivity contribution in [3.8, 4) is 0 Å². The number of thiophene rings is 1. The van der Waals surface area contributed by atoms with Crippen LogP contribution in [0.15, 0.2) is 10.3 Å². The molecule has 1 aromatic heterocycles. The van der Waals surface area contributed by atoms with Gasteiger partial charge in [-0.05, 0) is 18.9 Å². The van der Waals surface area contributed by atoms with E-state index in [-0.39, 0.29) is 9.99 Å². The number of aryl methyl sites for hydroxylation is 1. The van der Waals surface area contributed by atoms with E-state index in [4.69, 9.17) is 4.55 Å². The molecule has 0 amide bonds. The van der Waals surface area contributed by atoms with Gasteiger partial charge in [0.2, 0.25) is 0 Å². The maximum Gasteiger partial charge on any atom is 0.304 e. The number of fused-ring (bicyclic) bond motifs is 1. The number of hydrogen-bond acceptors (Lipinski definition) is 4. The summed E-state index contributed by atoms with van der Waals surface area (Å²) in [6, 6.07) is 1.27. The van der Waals surface area contributed by atoms with E-state index in [0.717, 1.165) is 29.1 Å². The van der Waals surface area contributed by atoms with Crippen LogP contribution in [0.25, 0.3) is 0 Å². The molecule has 1 aliphatic rings. The molecular weight excluding hydrogens is 224 g/mol. The molecule has 76 valence electrons. The minimum Gasteiger partial charge on any atom is -0.294 e. The zero-order valence-corrected chi connectivity index (χ0v) is 8.82. The first kappa shape index (κ1) is 9.82. The van der Waals surface area contributed by atoms with Crippen molar-refractivity contribution in [2.45, 2.75) is 23.5 Å². The largest absolute Gasteiger partial charge is 0.304 e. The van der Waals surface area contributed by atoms with Crippen molar-refractivity contribution in [3.63, 3.8) is 0 Å². The summed E-state index contributed by atoms with van der Waals surface area (Å²) in [4.78, 5) is 12.1. The van der Waals surface area contributed by atoms with E-state index in [2.05, 4.69) is 0 Å². The van der Waals surface area contributed by atoms with E-state index >= 15 is 0 Å². The second kappa shape index (κ2) is 3.15. The molecule has 0 unspecified atom stereocenters. The Kier molecular flexibility index (Phi) is 2.21. The SMILES string of the molecule is O=C1CCCc2sc(S(=O)(=O)O)cc21. The van der Waals surface area contributed by atoms with Crippen LogP contribution in [0.5, 0.6) is 0 Å². The molecule has 1 heterocycles. The number of carbonyl (C=O) groups excluding carboxylic acids is 1. The molecule has 4 nitrogen and oxygen atoms in total. The molecule has 0 saturated carbocycles. The molecule has 2 rings (SSSR count). The van der Waals surface area contributed by atoms with Crippen LogP contribution in [0.3, 0.4) is 0 Å². The molecule has 1 aliphatic carbocycles. The Morgan fingerprint density at radius 2 is 2.07 bits per heavy atom. The van der Waals surface area contributed by atoms with Crippen LogP contribution in [0.1, 0.15) is 28.1 Å². The van der Waals surface area contributed by atoms with Gasteiger partial charge in [0, 0.05) is 16.9 Å². The maximum atomic E-state index is 11.4. The van der Waals surface area contributed by atoms with E-state index in [1.165, 1.54) is 6.07 Å². The molecule has 0 fully saturated rings. The van der Waals surface area contributed by atoms with E-state index in [1.54, 1.807) is 0 Å². The highest BCUT2D eigenvalue weighted by Gasteiger charge is 2.24. The highest BCUT2D eigenvalue weighted by atomic mass is 32.3. The first-order valence-electron chi connectivity index (χ1n) is 4.12. The molecule has 0 radical (unpaired) electrons. The number of Topliss-reactive ketones (excluding diaryl/α,β-unsaturated/α-hetero) is 1. The second-order valence-electron chi connectivity index (χ2n) is 3.15. The van der Waals surface area contributed by atoms with Crippen molar-refractivity contribution in [1.29, 1.82) is 0 Å². The zero-order chi connectivity index (χ0) is 10.3. The maximum absolute atomic E-state index is 11.4. The Morgan fingerprint density at radius 3 is 2.64 bits per heavy atom. The minimum atomic E-state index is -4.15. The fourth-order valence-electron chi connectivity index (χ4n) is 1.50. The fraction of sp³-hybridized carbons (Fsp3) is 0.375. The molecule has 0 aliphatic heterocycles. The smallest absolute Gasteiger partial charge is 0.294 e. The molecular formula is C8H8O4S2. The standard InChI is InChI=1S/C8H8O4S2/c9-6-2-1-3-7-5(6)4-8(13-7)14(10,11)12/h4H,1-3H2,(H,10,11,12). The van der Waals surface area contributed by atoms with E-state index in [9.17, 15) is 13.2 Å². The number of carbonyl (C=O) groups is 1. The predicted octanol–water partition coefficient (Wildman–Crippen LogP) is 1.51. The first-order chi connectivity index (χ1) is 6.48. The molecule has 1 N–H and O–H groups in total. The van der Waals surface area contributed by atoms with Gasteiger partial charge in [0.25, 0.3) is 0 Å². The number of rotatable bonds is 1. The third-order valence-corrected chi connectivity index (χ3v) is 4.65. The fourth-order valence-corrected chi connectivity index (χ4v) is 3.44. The van der Waals surface area contributed by atoms with Crippen molar-refractivity contribution in [3.05, 3.63) is 16.5 Å². The lowest BCUT2D eigenvalue weighted by Gasteiger charge is -2.07. The van der Waals surface area contributed by atoms with Gasteiger partial charge in [0.1, 0.15) is 4.21 Å². The quantitative estimate of drug-likeness (QED) is 0.745. The Morgan fingerprint density at radius 1 is 1.36 bits per heavy atom. The highest BCUT2D eigenvalue weighted by molar-refractivity contribution is 7.88. The van der Waals surface area contributed by atoms with Crippen molar-refractivity contribution in [2.24, 2.45) is 0 Å². The van der Waals surface area contributed by atoms with Gasteiger partial charge in [-0.15, -0.1) is 11.3 Å². The molecule has 0 aromatic carbocycles. The Balaban J connectivity index is 2.56. The van der Waals surface area contributed by atoms with Crippen molar-refractivity contribution >= 4 is 27.2 Å². The Labute approximate surface area is 85.3 Å². The molecule has 0 spiro atoms. The zero-order valence-electron chi connectivity index (χ0n) is 7.19. The first-order valence-corrected chi connectivity index (χ1v) is 6.37. The van der Waals surface area contributed by atoms with Crippen LogP contribution < -0.4 is 0 Å². The summed E-state index contributed by atoms with van der Waals surface area (Å²) in [5.74, 6) is -0.0302. The van der Waals surface area contributed by atoms with Gasteiger partial charge in [-0.25, -0.2) is 0 Å². The molecule has 6 heteroatoms. The van der Waals surface area contributed by atoms with Gasteiger partial charge < -0.3 is 0 Å². The van der Waals surface area contributed by atoms with Crippen molar-refractivity contribution < 1.29 is 17.8 Å². The van der Waals surface area contributed by atoms with Gasteiger partial charge in [0.05, 0.1) is 0 Å². The minimum absolute atomic E-state index is 0.0302. The number of ketones is 1.